The normalized spacial score (nSPS) is 10.8. The molecule has 2 rings (SSSR count). The molecule has 1 aromatic heterocycles. The quantitative estimate of drug-likeness (QED) is 0.748. The van der Waals surface area contributed by atoms with E-state index in [9.17, 15) is 0 Å². The fourth-order valence-corrected chi connectivity index (χ4v) is 2.61. The minimum atomic E-state index is 0.552. The van der Waals surface area contributed by atoms with Gasteiger partial charge in [0.15, 0.2) is 0 Å². The van der Waals surface area contributed by atoms with Crippen LogP contribution in [0.2, 0.25) is 0 Å². The van der Waals surface area contributed by atoms with E-state index >= 15 is 0 Å². The molecule has 0 bridgehead atoms. The van der Waals surface area contributed by atoms with Crippen LogP contribution in [-0.4, -0.2) is 9.78 Å². The molecule has 0 fully saturated rings. The number of aromatic nitrogens is 2. The predicted molar refractivity (Wildman–Crippen MR) is 76.0 cm³/mol. The van der Waals surface area contributed by atoms with Crippen molar-refractivity contribution in [3.63, 3.8) is 0 Å². The maximum atomic E-state index is 5.93. The molecule has 0 aliphatic carbocycles. The van der Waals surface area contributed by atoms with E-state index in [1.807, 2.05) is 6.92 Å². The molecule has 0 atom stereocenters. The van der Waals surface area contributed by atoms with Crippen molar-refractivity contribution in [2.24, 2.45) is 0 Å². The first-order valence-corrected chi connectivity index (χ1v) is 6.88. The van der Waals surface area contributed by atoms with Gasteiger partial charge in [-0.15, -0.1) is 11.6 Å². The van der Waals surface area contributed by atoms with E-state index in [-0.39, 0.29) is 0 Å². The number of alkyl halides is 1. The number of halogens is 1. The molecule has 0 aliphatic rings. The lowest BCUT2D eigenvalue weighted by molar-refractivity contribution is 0.561. The lowest BCUT2D eigenvalue weighted by atomic mass is 10.1. The minimum absolute atomic E-state index is 0.552. The molecule has 0 aliphatic heterocycles. The number of benzene rings is 1. The Balaban J connectivity index is 1.95. The zero-order valence-corrected chi connectivity index (χ0v) is 11.7. The highest BCUT2D eigenvalue weighted by molar-refractivity contribution is 6.17. The van der Waals surface area contributed by atoms with Gasteiger partial charge >= 0.3 is 0 Å². The number of nitrogens with zero attached hydrogens (tertiary/aromatic N) is 2. The van der Waals surface area contributed by atoms with Crippen molar-refractivity contribution in [2.45, 2.75) is 39.1 Å². The van der Waals surface area contributed by atoms with Crippen molar-refractivity contribution in [3.05, 3.63) is 52.8 Å². The van der Waals surface area contributed by atoms with Gasteiger partial charge in [-0.05, 0) is 32.3 Å². The zero-order valence-electron chi connectivity index (χ0n) is 11.0. The summed E-state index contributed by atoms with van der Waals surface area (Å²) in [6, 6.07) is 10.6. The molecule has 18 heavy (non-hydrogen) atoms. The van der Waals surface area contributed by atoms with Crippen molar-refractivity contribution in [3.8, 4) is 0 Å². The summed E-state index contributed by atoms with van der Waals surface area (Å²) in [6.45, 7) is 5.08. The Morgan fingerprint density at radius 1 is 1.17 bits per heavy atom. The van der Waals surface area contributed by atoms with E-state index in [0.717, 1.165) is 25.1 Å². The minimum Gasteiger partial charge on any atom is -0.269 e. The summed E-state index contributed by atoms with van der Waals surface area (Å²) in [5.74, 6) is 0.552. The average molecular weight is 263 g/mol. The fraction of sp³-hybridized carbons (Fsp3) is 0.400. The summed E-state index contributed by atoms with van der Waals surface area (Å²) in [6.07, 6.45) is 2.20. The van der Waals surface area contributed by atoms with Crippen LogP contribution in [0.1, 0.15) is 28.9 Å². The van der Waals surface area contributed by atoms with Crippen LogP contribution in [-0.2, 0) is 18.8 Å². The van der Waals surface area contributed by atoms with Gasteiger partial charge in [-0.2, -0.15) is 5.10 Å². The van der Waals surface area contributed by atoms with E-state index in [0.29, 0.717) is 5.88 Å². The van der Waals surface area contributed by atoms with Crippen LogP contribution in [0.25, 0.3) is 0 Å². The van der Waals surface area contributed by atoms with Crippen LogP contribution in [0.15, 0.2) is 30.3 Å². The van der Waals surface area contributed by atoms with Crippen molar-refractivity contribution >= 4 is 11.6 Å². The fourth-order valence-electron chi connectivity index (χ4n) is 2.22. The Hall–Kier alpha value is -1.28. The molecule has 0 saturated carbocycles. The Morgan fingerprint density at radius 2 is 1.89 bits per heavy atom. The van der Waals surface area contributed by atoms with Gasteiger partial charge in [-0.25, -0.2) is 0 Å². The Labute approximate surface area is 114 Å². The third-order valence-electron chi connectivity index (χ3n) is 3.34. The Kier molecular flexibility index (Phi) is 4.43. The molecule has 0 unspecified atom stereocenters. The first kappa shape index (κ1) is 13.2. The van der Waals surface area contributed by atoms with Crippen LogP contribution >= 0.6 is 11.6 Å². The van der Waals surface area contributed by atoms with Crippen molar-refractivity contribution in [2.75, 3.05) is 0 Å². The lowest BCUT2D eigenvalue weighted by Crippen LogP contribution is -2.04. The van der Waals surface area contributed by atoms with E-state index < -0.39 is 0 Å². The SMILES string of the molecule is Cc1nn(CCCc2ccccc2)c(C)c1CCl. The molecule has 0 N–H and O–H groups in total. The van der Waals surface area contributed by atoms with Gasteiger partial charge in [0.25, 0.3) is 0 Å². The van der Waals surface area contributed by atoms with Crippen LogP contribution < -0.4 is 0 Å². The molecule has 3 heteroatoms. The summed E-state index contributed by atoms with van der Waals surface area (Å²) in [5.41, 5.74) is 4.82. The maximum Gasteiger partial charge on any atom is 0.0640 e. The topological polar surface area (TPSA) is 17.8 Å². The number of rotatable bonds is 5. The van der Waals surface area contributed by atoms with Crippen molar-refractivity contribution < 1.29 is 0 Å². The third-order valence-corrected chi connectivity index (χ3v) is 3.61. The van der Waals surface area contributed by atoms with Crippen LogP contribution in [0, 0.1) is 13.8 Å². The molecule has 2 aromatic rings. The lowest BCUT2D eigenvalue weighted by Gasteiger charge is -2.05. The van der Waals surface area contributed by atoms with E-state index in [1.54, 1.807) is 0 Å². The van der Waals surface area contributed by atoms with Gasteiger partial charge in [-0.3, -0.25) is 4.68 Å². The molecule has 0 radical (unpaired) electrons. The molecule has 1 heterocycles. The maximum absolute atomic E-state index is 5.93. The highest BCUT2D eigenvalue weighted by atomic mass is 35.5. The van der Waals surface area contributed by atoms with E-state index in [4.69, 9.17) is 11.6 Å². The Bertz CT molecular complexity index is 503. The van der Waals surface area contributed by atoms with Gasteiger partial charge in [-0.1, -0.05) is 30.3 Å². The highest BCUT2D eigenvalue weighted by Crippen LogP contribution is 2.16. The second kappa shape index (κ2) is 6.05. The molecule has 1 aromatic carbocycles. The van der Waals surface area contributed by atoms with E-state index in [1.165, 1.54) is 16.8 Å². The largest absolute Gasteiger partial charge is 0.269 e. The highest BCUT2D eigenvalue weighted by Gasteiger charge is 2.09. The average Bonchev–Trinajstić information content (AvgIpc) is 2.65. The molecule has 0 amide bonds. The van der Waals surface area contributed by atoms with Crippen molar-refractivity contribution in [1.82, 2.24) is 9.78 Å². The standard InChI is InChI=1S/C15H19ClN2/c1-12-15(11-16)13(2)18(17-12)10-6-9-14-7-4-3-5-8-14/h3-5,7-8H,6,9-11H2,1-2H3. The summed E-state index contributed by atoms with van der Waals surface area (Å²) >= 11 is 5.93. The van der Waals surface area contributed by atoms with E-state index in [2.05, 4.69) is 47.0 Å². The van der Waals surface area contributed by atoms with Crippen LogP contribution in [0.3, 0.4) is 0 Å². The molecule has 0 spiro atoms. The second-order valence-corrected chi connectivity index (χ2v) is 4.86. The first-order chi connectivity index (χ1) is 8.72. The predicted octanol–water partition coefficient (Wildman–Crippen LogP) is 3.87. The van der Waals surface area contributed by atoms with Gasteiger partial charge in [0.05, 0.1) is 11.6 Å². The molecular weight excluding hydrogens is 244 g/mol. The zero-order chi connectivity index (χ0) is 13.0. The summed E-state index contributed by atoms with van der Waals surface area (Å²) in [7, 11) is 0. The number of hydrogen-bond acceptors (Lipinski definition) is 1. The number of aryl methyl sites for hydroxylation is 3. The first-order valence-electron chi connectivity index (χ1n) is 6.35. The van der Waals surface area contributed by atoms with Gasteiger partial charge in [0.2, 0.25) is 0 Å². The van der Waals surface area contributed by atoms with Crippen LogP contribution in [0.4, 0.5) is 0 Å². The summed E-state index contributed by atoms with van der Waals surface area (Å²) in [5, 5.41) is 4.54. The Morgan fingerprint density at radius 3 is 2.50 bits per heavy atom. The van der Waals surface area contributed by atoms with Gasteiger partial charge in [0, 0.05) is 17.8 Å². The summed E-state index contributed by atoms with van der Waals surface area (Å²) in [4.78, 5) is 0. The smallest absolute Gasteiger partial charge is 0.0640 e. The molecule has 2 nitrogen and oxygen atoms in total. The van der Waals surface area contributed by atoms with Gasteiger partial charge < -0.3 is 0 Å². The van der Waals surface area contributed by atoms with Crippen LogP contribution in [0.5, 0.6) is 0 Å². The molecule has 96 valence electrons. The second-order valence-electron chi connectivity index (χ2n) is 4.60. The third kappa shape index (κ3) is 2.94. The van der Waals surface area contributed by atoms with Crippen molar-refractivity contribution in [1.29, 1.82) is 0 Å². The summed E-state index contributed by atoms with van der Waals surface area (Å²) < 4.78 is 2.08. The van der Waals surface area contributed by atoms with Gasteiger partial charge in [0.1, 0.15) is 0 Å². The molecule has 0 saturated heterocycles. The monoisotopic (exact) mass is 262 g/mol. The molecular formula is C15H19ClN2. The number of hydrogen-bond donors (Lipinski definition) is 0.